The van der Waals surface area contributed by atoms with E-state index >= 15 is 0 Å². The standard InChI is InChI=1S/C29H30O11/c1-17(30)36-16-25-27(37-18(2)31)23(15-26(34)35)28(38-19(3)32)29(40-25)39-22-12-10-21(11-13-22)24(33)14-9-20-7-5-4-6-8-20/h4-14,23,25,27-29H,15-16H2,1-3H3,(H,34,35). The van der Waals surface area contributed by atoms with Crippen LogP contribution in [0.4, 0.5) is 0 Å². The molecule has 2 aromatic carbocycles. The third-order valence-electron chi connectivity index (χ3n) is 5.87. The Kier molecular flexibility index (Phi) is 10.5. The lowest BCUT2D eigenvalue weighted by atomic mass is 9.86. The van der Waals surface area contributed by atoms with Gasteiger partial charge in [0.15, 0.2) is 11.9 Å². The average molecular weight is 555 g/mol. The number of hydrogen-bond acceptors (Lipinski definition) is 10. The van der Waals surface area contributed by atoms with Gasteiger partial charge in [0.05, 0.1) is 12.3 Å². The van der Waals surface area contributed by atoms with Crippen LogP contribution in [0.2, 0.25) is 0 Å². The zero-order valence-corrected chi connectivity index (χ0v) is 22.2. The molecule has 1 N–H and O–H groups in total. The number of carbonyl (C=O) groups is 5. The molecule has 0 saturated carbocycles. The van der Waals surface area contributed by atoms with E-state index in [1.165, 1.54) is 37.3 Å². The molecule has 11 nitrogen and oxygen atoms in total. The summed E-state index contributed by atoms with van der Waals surface area (Å²) < 4.78 is 27.6. The van der Waals surface area contributed by atoms with Crippen molar-refractivity contribution >= 4 is 35.7 Å². The van der Waals surface area contributed by atoms with Gasteiger partial charge in [-0.15, -0.1) is 0 Å². The molecule has 0 bridgehead atoms. The van der Waals surface area contributed by atoms with Crippen LogP contribution in [0.5, 0.6) is 5.75 Å². The van der Waals surface area contributed by atoms with Crippen LogP contribution >= 0.6 is 0 Å². The topological polar surface area (TPSA) is 152 Å². The molecule has 0 amide bonds. The second-order valence-corrected chi connectivity index (χ2v) is 9.01. The summed E-state index contributed by atoms with van der Waals surface area (Å²) in [5.41, 5.74) is 1.25. The smallest absolute Gasteiger partial charge is 0.303 e. The second kappa shape index (κ2) is 14.0. The van der Waals surface area contributed by atoms with E-state index in [9.17, 15) is 29.1 Å². The number of ether oxygens (including phenoxy) is 5. The molecule has 1 aliphatic rings. The Morgan fingerprint density at radius 2 is 1.48 bits per heavy atom. The number of benzene rings is 2. The van der Waals surface area contributed by atoms with E-state index in [-0.39, 0.29) is 18.1 Å². The highest BCUT2D eigenvalue weighted by atomic mass is 16.7. The summed E-state index contributed by atoms with van der Waals surface area (Å²) in [5, 5.41) is 9.56. The third-order valence-corrected chi connectivity index (χ3v) is 5.87. The van der Waals surface area contributed by atoms with Gasteiger partial charge in [-0.1, -0.05) is 36.4 Å². The van der Waals surface area contributed by atoms with E-state index in [4.69, 9.17) is 23.7 Å². The van der Waals surface area contributed by atoms with Gasteiger partial charge >= 0.3 is 23.9 Å². The minimum absolute atomic E-state index is 0.219. The number of carboxylic acid groups (broad SMARTS) is 1. The van der Waals surface area contributed by atoms with Gasteiger partial charge < -0.3 is 28.8 Å². The number of hydrogen-bond donors (Lipinski definition) is 1. The van der Waals surface area contributed by atoms with Crippen LogP contribution < -0.4 is 4.74 Å². The van der Waals surface area contributed by atoms with E-state index < -0.39 is 60.8 Å². The monoisotopic (exact) mass is 554 g/mol. The Balaban J connectivity index is 1.86. The Bertz CT molecular complexity index is 1240. The first kappa shape index (κ1) is 30.0. The first-order valence-electron chi connectivity index (χ1n) is 12.4. The average Bonchev–Trinajstić information content (AvgIpc) is 2.89. The largest absolute Gasteiger partial charge is 0.481 e. The van der Waals surface area contributed by atoms with Gasteiger partial charge in [0, 0.05) is 26.3 Å². The van der Waals surface area contributed by atoms with Crippen LogP contribution in [-0.4, -0.2) is 66.0 Å². The lowest BCUT2D eigenvalue weighted by Gasteiger charge is -2.44. The fourth-order valence-electron chi connectivity index (χ4n) is 4.21. The number of aliphatic carboxylic acids is 1. The van der Waals surface area contributed by atoms with Crippen LogP contribution in [0.1, 0.15) is 43.1 Å². The fourth-order valence-corrected chi connectivity index (χ4v) is 4.21. The van der Waals surface area contributed by atoms with Gasteiger partial charge in [-0.2, -0.15) is 0 Å². The SMILES string of the molecule is CC(=O)OCC1OC(Oc2ccc(C(=O)C=Cc3ccccc3)cc2)C(OC(C)=O)C(CC(=O)O)C1OC(C)=O. The second-order valence-electron chi connectivity index (χ2n) is 9.01. The molecule has 3 rings (SSSR count). The van der Waals surface area contributed by atoms with Crippen molar-refractivity contribution in [2.45, 2.75) is 51.8 Å². The molecule has 0 spiro atoms. The molecule has 11 heteroatoms. The summed E-state index contributed by atoms with van der Waals surface area (Å²) >= 11 is 0. The first-order chi connectivity index (χ1) is 19.0. The molecule has 0 aliphatic carbocycles. The number of carboxylic acids is 1. The summed E-state index contributed by atoms with van der Waals surface area (Å²) in [4.78, 5) is 59.6. The number of allylic oxidation sites excluding steroid dienone is 1. The molecule has 2 aromatic rings. The van der Waals surface area contributed by atoms with Crippen LogP contribution in [0.15, 0.2) is 60.7 Å². The zero-order valence-electron chi connectivity index (χ0n) is 22.2. The minimum atomic E-state index is -1.36. The van der Waals surface area contributed by atoms with E-state index in [1.54, 1.807) is 6.08 Å². The number of rotatable bonds is 11. The summed E-state index contributed by atoms with van der Waals surface area (Å²) in [6, 6.07) is 15.4. The van der Waals surface area contributed by atoms with Crippen molar-refractivity contribution in [1.29, 1.82) is 0 Å². The molecule has 0 radical (unpaired) electrons. The van der Waals surface area contributed by atoms with Gasteiger partial charge in [0.25, 0.3) is 0 Å². The number of esters is 3. The predicted octanol–water partition coefficient (Wildman–Crippen LogP) is 3.20. The molecular formula is C29H30O11. The first-order valence-corrected chi connectivity index (χ1v) is 12.4. The zero-order chi connectivity index (χ0) is 29.2. The predicted molar refractivity (Wildman–Crippen MR) is 139 cm³/mol. The highest BCUT2D eigenvalue weighted by molar-refractivity contribution is 6.06. The summed E-state index contributed by atoms with van der Waals surface area (Å²) in [6.07, 6.45) is -2.46. The maximum absolute atomic E-state index is 12.6. The summed E-state index contributed by atoms with van der Waals surface area (Å²) in [7, 11) is 0. The maximum atomic E-state index is 12.6. The van der Waals surface area contributed by atoms with Gasteiger partial charge in [0.1, 0.15) is 24.6 Å². The Labute approximate surface area is 230 Å². The maximum Gasteiger partial charge on any atom is 0.303 e. The highest BCUT2D eigenvalue weighted by Gasteiger charge is 2.51. The van der Waals surface area contributed by atoms with Crippen LogP contribution in [0.3, 0.4) is 0 Å². The molecule has 5 atom stereocenters. The van der Waals surface area contributed by atoms with Crippen molar-refractivity contribution < 1.29 is 52.8 Å². The molecule has 40 heavy (non-hydrogen) atoms. The third kappa shape index (κ3) is 8.77. The number of carbonyl (C=O) groups excluding carboxylic acids is 4. The Hall–Kier alpha value is -4.51. The highest BCUT2D eigenvalue weighted by Crippen LogP contribution is 2.35. The molecular weight excluding hydrogens is 524 g/mol. The van der Waals surface area contributed by atoms with E-state index in [1.807, 2.05) is 30.3 Å². The molecule has 1 heterocycles. The normalized spacial score (nSPS) is 22.2. The summed E-state index contributed by atoms with van der Waals surface area (Å²) in [5.74, 6) is -4.50. The summed E-state index contributed by atoms with van der Waals surface area (Å²) in [6.45, 7) is 3.05. The van der Waals surface area contributed by atoms with Crippen molar-refractivity contribution in [2.24, 2.45) is 5.92 Å². The van der Waals surface area contributed by atoms with E-state index in [2.05, 4.69) is 0 Å². The Morgan fingerprint density at radius 1 is 0.850 bits per heavy atom. The van der Waals surface area contributed by atoms with Crippen LogP contribution in [-0.2, 0) is 38.1 Å². The van der Waals surface area contributed by atoms with E-state index in [0.717, 1.165) is 19.4 Å². The molecule has 1 aliphatic heterocycles. The number of ketones is 1. The molecule has 1 saturated heterocycles. The molecule has 1 fully saturated rings. The lowest BCUT2D eigenvalue weighted by Crippen LogP contribution is -2.60. The van der Waals surface area contributed by atoms with Crippen LogP contribution in [0.25, 0.3) is 6.08 Å². The van der Waals surface area contributed by atoms with Crippen molar-refractivity contribution in [3.8, 4) is 5.75 Å². The quantitative estimate of drug-likeness (QED) is 0.189. The lowest BCUT2D eigenvalue weighted by molar-refractivity contribution is -0.274. The van der Waals surface area contributed by atoms with Crippen molar-refractivity contribution in [1.82, 2.24) is 0 Å². The Morgan fingerprint density at radius 3 is 2.05 bits per heavy atom. The van der Waals surface area contributed by atoms with Crippen molar-refractivity contribution in [3.05, 3.63) is 71.8 Å². The van der Waals surface area contributed by atoms with Gasteiger partial charge in [-0.05, 0) is 35.9 Å². The van der Waals surface area contributed by atoms with Crippen molar-refractivity contribution in [3.63, 3.8) is 0 Å². The molecule has 0 aromatic heterocycles. The van der Waals surface area contributed by atoms with Gasteiger partial charge in [0.2, 0.25) is 6.29 Å². The molecule has 5 unspecified atom stereocenters. The van der Waals surface area contributed by atoms with Crippen LogP contribution in [0, 0.1) is 5.92 Å². The molecule has 212 valence electrons. The van der Waals surface area contributed by atoms with Crippen molar-refractivity contribution in [2.75, 3.05) is 6.61 Å². The van der Waals surface area contributed by atoms with E-state index in [0.29, 0.717) is 5.56 Å². The fraction of sp³-hybridized carbons (Fsp3) is 0.345. The van der Waals surface area contributed by atoms with Gasteiger partial charge in [-0.3, -0.25) is 24.0 Å². The van der Waals surface area contributed by atoms with Gasteiger partial charge in [-0.25, -0.2) is 0 Å². The minimum Gasteiger partial charge on any atom is -0.481 e.